The van der Waals surface area contributed by atoms with Gasteiger partial charge < -0.3 is 15.4 Å². The Morgan fingerprint density at radius 1 is 1.56 bits per heavy atom. The summed E-state index contributed by atoms with van der Waals surface area (Å²) in [4.78, 5) is 19.7. The normalized spacial score (nSPS) is 10.5. The van der Waals surface area contributed by atoms with E-state index in [1.807, 2.05) is 0 Å². The largest absolute Gasteiger partial charge is 0.490 e. The van der Waals surface area contributed by atoms with Crippen LogP contribution in [0.25, 0.3) is 0 Å². The summed E-state index contributed by atoms with van der Waals surface area (Å²) in [5.74, 6) is -2.76. The van der Waals surface area contributed by atoms with Crippen LogP contribution in [0.15, 0.2) is 16.4 Å². The second-order valence-corrected chi connectivity index (χ2v) is 3.31. The van der Waals surface area contributed by atoms with Gasteiger partial charge in [0.05, 0.1) is 0 Å². The van der Waals surface area contributed by atoms with E-state index in [2.05, 4.69) is 0 Å². The van der Waals surface area contributed by atoms with E-state index >= 15 is 0 Å². The Bertz CT molecular complexity index is 385. The first kappa shape index (κ1) is 14.6. The number of rotatable bonds is 2. The summed E-state index contributed by atoms with van der Waals surface area (Å²) in [6, 6.07) is 0. The molecule has 1 aromatic rings. The molecule has 0 bridgehead atoms. The molecular formula is C7H9F3N2O3S. The summed E-state index contributed by atoms with van der Waals surface area (Å²) >= 11 is 1.20. The van der Waals surface area contributed by atoms with Gasteiger partial charge in [-0.25, -0.2) is 4.79 Å². The number of hydrogen-bond donors (Lipinski definition) is 2. The van der Waals surface area contributed by atoms with E-state index in [4.69, 9.17) is 15.6 Å². The predicted octanol–water partition coefficient (Wildman–Crippen LogP) is 0.502. The van der Waals surface area contributed by atoms with Crippen LogP contribution in [-0.4, -0.2) is 28.4 Å². The van der Waals surface area contributed by atoms with E-state index in [1.54, 1.807) is 16.1 Å². The third kappa shape index (κ3) is 5.51. The van der Waals surface area contributed by atoms with Gasteiger partial charge in [0.2, 0.25) is 0 Å². The zero-order valence-corrected chi connectivity index (χ0v) is 8.72. The first-order chi connectivity index (χ1) is 7.29. The van der Waals surface area contributed by atoms with Crippen LogP contribution in [-0.2, 0) is 11.3 Å². The zero-order chi connectivity index (χ0) is 12.8. The molecule has 1 heterocycles. The van der Waals surface area contributed by atoms with Gasteiger partial charge in [0.25, 0.3) is 0 Å². The third-order valence-corrected chi connectivity index (χ3v) is 1.95. The fourth-order valence-corrected chi connectivity index (χ4v) is 1.21. The smallest absolute Gasteiger partial charge is 0.475 e. The first-order valence-corrected chi connectivity index (χ1v) is 4.81. The number of thiazole rings is 1. The van der Waals surface area contributed by atoms with E-state index in [0.29, 0.717) is 13.1 Å². The summed E-state index contributed by atoms with van der Waals surface area (Å²) in [6.07, 6.45) is -3.33. The Morgan fingerprint density at radius 3 is 2.31 bits per heavy atom. The first-order valence-electron chi connectivity index (χ1n) is 3.93. The molecule has 1 rings (SSSR count). The average molecular weight is 258 g/mol. The van der Waals surface area contributed by atoms with Crippen LogP contribution in [0.5, 0.6) is 0 Å². The minimum atomic E-state index is -5.08. The van der Waals surface area contributed by atoms with E-state index in [1.165, 1.54) is 11.3 Å². The highest BCUT2D eigenvalue weighted by Crippen LogP contribution is 2.13. The molecule has 0 aliphatic rings. The molecular weight excluding hydrogens is 249 g/mol. The van der Waals surface area contributed by atoms with Crippen LogP contribution in [0, 0.1) is 0 Å². The number of halogens is 3. The highest BCUT2D eigenvalue weighted by Gasteiger charge is 2.38. The lowest BCUT2D eigenvalue weighted by Crippen LogP contribution is -2.21. The topological polar surface area (TPSA) is 85.3 Å². The summed E-state index contributed by atoms with van der Waals surface area (Å²) in [7, 11) is 0. The van der Waals surface area contributed by atoms with Crippen LogP contribution in [0.3, 0.4) is 0 Å². The maximum absolute atomic E-state index is 10.7. The lowest BCUT2D eigenvalue weighted by molar-refractivity contribution is -0.192. The Hall–Kier alpha value is -1.35. The Balaban J connectivity index is 0.000000293. The van der Waals surface area contributed by atoms with Gasteiger partial charge >= 0.3 is 17.0 Å². The molecule has 9 heteroatoms. The molecule has 3 N–H and O–H groups in total. The van der Waals surface area contributed by atoms with Gasteiger partial charge in [-0.2, -0.15) is 13.2 Å². The lowest BCUT2D eigenvalue weighted by Gasteiger charge is -1.93. The summed E-state index contributed by atoms with van der Waals surface area (Å²) in [5.41, 5.74) is 5.23. The molecule has 0 saturated carbocycles. The van der Waals surface area contributed by atoms with Crippen molar-refractivity contribution < 1.29 is 23.1 Å². The molecule has 0 atom stereocenters. The van der Waals surface area contributed by atoms with Crippen molar-refractivity contribution in [1.82, 2.24) is 4.57 Å². The van der Waals surface area contributed by atoms with Crippen molar-refractivity contribution in [2.45, 2.75) is 12.7 Å². The number of aromatic nitrogens is 1. The van der Waals surface area contributed by atoms with Gasteiger partial charge in [-0.05, 0) is 0 Å². The molecule has 1 aromatic heterocycles. The Morgan fingerprint density at radius 2 is 2.06 bits per heavy atom. The molecule has 0 aliphatic carbocycles. The molecule has 0 radical (unpaired) electrons. The molecule has 16 heavy (non-hydrogen) atoms. The molecule has 0 saturated heterocycles. The van der Waals surface area contributed by atoms with E-state index in [-0.39, 0.29) is 4.87 Å². The van der Waals surface area contributed by atoms with E-state index in [0.717, 1.165) is 0 Å². The summed E-state index contributed by atoms with van der Waals surface area (Å²) in [5, 5.41) is 8.89. The minimum absolute atomic E-state index is 0.0699. The molecule has 5 nitrogen and oxygen atoms in total. The number of carboxylic acids is 1. The standard InChI is InChI=1S/C5H8N2OS.C2HF3O2/c6-1-2-7-3-4-9-5(7)8;3-2(4,5)1(6)7/h3-4H,1-2,6H2;(H,6,7). The Kier molecular flexibility index (Phi) is 5.75. The number of nitrogens with two attached hydrogens (primary N) is 1. The van der Waals surface area contributed by atoms with Gasteiger partial charge in [0.15, 0.2) is 0 Å². The van der Waals surface area contributed by atoms with E-state index in [9.17, 15) is 18.0 Å². The quantitative estimate of drug-likeness (QED) is 0.809. The lowest BCUT2D eigenvalue weighted by atomic mass is 10.6. The van der Waals surface area contributed by atoms with Crippen LogP contribution in [0.4, 0.5) is 13.2 Å². The van der Waals surface area contributed by atoms with Crippen molar-refractivity contribution in [3.05, 3.63) is 21.2 Å². The number of carboxylic acid groups (broad SMARTS) is 1. The second-order valence-electron chi connectivity index (χ2n) is 2.45. The molecule has 0 unspecified atom stereocenters. The number of carbonyl (C=O) groups is 1. The minimum Gasteiger partial charge on any atom is -0.475 e. The number of alkyl halides is 3. The van der Waals surface area contributed by atoms with Gasteiger partial charge in [-0.3, -0.25) is 4.79 Å². The summed E-state index contributed by atoms with van der Waals surface area (Å²) < 4.78 is 33.3. The van der Waals surface area contributed by atoms with Gasteiger partial charge in [-0.15, -0.1) is 0 Å². The second kappa shape index (κ2) is 6.28. The highest BCUT2D eigenvalue weighted by molar-refractivity contribution is 7.07. The fourth-order valence-electron chi connectivity index (χ4n) is 0.596. The molecule has 0 fully saturated rings. The fraction of sp³-hybridized carbons (Fsp3) is 0.429. The SMILES string of the molecule is NCCn1ccsc1=O.O=C(O)C(F)(F)F. The molecule has 92 valence electrons. The van der Waals surface area contributed by atoms with Crippen LogP contribution < -0.4 is 10.6 Å². The van der Waals surface area contributed by atoms with Crippen molar-refractivity contribution in [3.63, 3.8) is 0 Å². The van der Waals surface area contributed by atoms with Crippen molar-refractivity contribution in [1.29, 1.82) is 0 Å². The van der Waals surface area contributed by atoms with Crippen LogP contribution >= 0.6 is 11.3 Å². The van der Waals surface area contributed by atoms with Gasteiger partial charge in [0, 0.05) is 24.7 Å². The summed E-state index contributed by atoms with van der Waals surface area (Å²) in [6.45, 7) is 1.15. The predicted molar refractivity (Wildman–Crippen MR) is 51.3 cm³/mol. The van der Waals surface area contributed by atoms with Crippen molar-refractivity contribution in [3.8, 4) is 0 Å². The Labute approximate surface area is 91.9 Å². The van der Waals surface area contributed by atoms with Crippen LogP contribution in [0.1, 0.15) is 0 Å². The van der Waals surface area contributed by atoms with Crippen LogP contribution in [0.2, 0.25) is 0 Å². The monoisotopic (exact) mass is 258 g/mol. The molecule has 0 aromatic carbocycles. The third-order valence-electron chi connectivity index (χ3n) is 1.26. The zero-order valence-electron chi connectivity index (χ0n) is 7.90. The van der Waals surface area contributed by atoms with Crippen molar-refractivity contribution >= 4 is 17.3 Å². The van der Waals surface area contributed by atoms with E-state index < -0.39 is 12.1 Å². The van der Waals surface area contributed by atoms with Gasteiger partial charge in [-0.1, -0.05) is 11.3 Å². The number of hydrogen-bond acceptors (Lipinski definition) is 4. The number of nitrogens with zero attached hydrogens (tertiary/aromatic N) is 1. The van der Waals surface area contributed by atoms with Crippen molar-refractivity contribution in [2.24, 2.45) is 5.73 Å². The maximum atomic E-state index is 10.7. The number of aliphatic carboxylic acids is 1. The average Bonchev–Trinajstić information content (AvgIpc) is 2.52. The maximum Gasteiger partial charge on any atom is 0.490 e. The molecule has 0 amide bonds. The highest BCUT2D eigenvalue weighted by atomic mass is 32.1. The van der Waals surface area contributed by atoms with Crippen molar-refractivity contribution in [2.75, 3.05) is 6.54 Å². The molecule has 0 spiro atoms. The molecule has 0 aliphatic heterocycles. The van der Waals surface area contributed by atoms with Gasteiger partial charge in [0.1, 0.15) is 0 Å².